The molecule has 1 amide bonds. The Morgan fingerprint density at radius 1 is 1.38 bits per heavy atom. The van der Waals surface area contributed by atoms with Gasteiger partial charge >= 0.3 is 0 Å². The summed E-state index contributed by atoms with van der Waals surface area (Å²) < 4.78 is 0. The standard InChI is InChI=1S/C17H28N6O/c1-22(15-4-6-18-7-5-15)13-17(24)21-14-3-2-10-23(12-14)16-11-19-8-9-20-16/h8-9,11,14-15,18H,2-7,10,12-13H2,1H3,(H,21,24). The summed E-state index contributed by atoms with van der Waals surface area (Å²) >= 11 is 0. The lowest BCUT2D eigenvalue weighted by Crippen LogP contribution is -2.51. The minimum absolute atomic E-state index is 0.127. The molecule has 0 aromatic carbocycles. The highest BCUT2D eigenvalue weighted by atomic mass is 16.2. The van der Waals surface area contributed by atoms with Crippen LogP contribution in [0.4, 0.5) is 5.82 Å². The van der Waals surface area contributed by atoms with E-state index < -0.39 is 0 Å². The number of likely N-dealkylation sites (N-methyl/N-ethyl adjacent to an activating group) is 1. The smallest absolute Gasteiger partial charge is 0.234 e. The summed E-state index contributed by atoms with van der Waals surface area (Å²) in [6.45, 7) is 4.35. The Hall–Kier alpha value is -1.73. The number of carbonyl (C=O) groups is 1. The average molecular weight is 332 g/mol. The maximum atomic E-state index is 12.4. The average Bonchev–Trinajstić information content (AvgIpc) is 2.63. The van der Waals surface area contributed by atoms with Crippen molar-refractivity contribution < 1.29 is 4.79 Å². The Balaban J connectivity index is 1.47. The summed E-state index contributed by atoms with van der Waals surface area (Å²) in [5.41, 5.74) is 0. The number of aromatic nitrogens is 2. The molecule has 1 atom stereocenters. The van der Waals surface area contributed by atoms with Crippen molar-refractivity contribution in [1.82, 2.24) is 25.5 Å². The molecule has 2 saturated heterocycles. The van der Waals surface area contributed by atoms with Crippen molar-refractivity contribution in [3.05, 3.63) is 18.6 Å². The Kier molecular flexibility index (Phi) is 5.98. The van der Waals surface area contributed by atoms with E-state index in [0.29, 0.717) is 12.6 Å². The second kappa shape index (κ2) is 8.39. The van der Waals surface area contributed by atoms with Crippen LogP contribution < -0.4 is 15.5 Å². The SMILES string of the molecule is CN(CC(=O)NC1CCCN(c2cnccn2)C1)C1CCNCC1. The zero-order chi connectivity index (χ0) is 16.8. The van der Waals surface area contributed by atoms with Gasteiger partial charge in [-0.05, 0) is 45.8 Å². The molecule has 0 bridgehead atoms. The molecule has 0 saturated carbocycles. The van der Waals surface area contributed by atoms with Crippen LogP contribution in [-0.4, -0.2) is 72.6 Å². The molecule has 0 radical (unpaired) electrons. The molecule has 0 spiro atoms. The van der Waals surface area contributed by atoms with E-state index in [1.165, 1.54) is 0 Å². The van der Waals surface area contributed by atoms with Crippen LogP contribution in [0.2, 0.25) is 0 Å². The lowest BCUT2D eigenvalue weighted by atomic mass is 10.0. The number of hydrogen-bond donors (Lipinski definition) is 2. The summed E-state index contributed by atoms with van der Waals surface area (Å²) in [7, 11) is 2.06. The van der Waals surface area contributed by atoms with Gasteiger partial charge in [0, 0.05) is 37.6 Å². The van der Waals surface area contributed by atoms with E-state index >= 15 is 0 Å². The number of amides is 1. The number of hydrogen-bond acceptors (Lipinski definition) is 6. The number of piperidine rings is 2. The van der Waals surface area contributed by atoms with Crippen molar-refractivity contribution in [2.45, 2.75) is 37.8 Å². The molecule has 3 rings (SSSR count). The van der Waals surface area contributed by atoms with Crippen LogP contribution in [0.25, 0.3) is 0 Å². The van der Waals surface area contributed by atoms with E-state index in [-0.39, 0.29) is 11.9 Å². The van der Waals surface area contributed by atoms with Crippen LogP contribution in [0.15, 0.2) is 18.6 Å². The maximum Gasteiger partial charge on any atom is 0.234 e. The molecule has 132 valence electrons. The van der Waals surface area contributed by atoms with E-state index in [1.54, 1.807) is 18.6 Å². The van der Waals surface area contributed by atoms with Gasteiger partial charge in [-0.15, -0.1) is 0 Å². The fourth-order valence-corrected chi connectivity index (χ4v) is 3.63. The van der Waals surface area contributed by atoms with Gasteiger partial charge < -0.3 is 15.5 Å². The monoisotopic (exact) mass is 332 g/mol. The Labute approximate surface area is 143 Å². The quantitative estimate of drug-likeness (QED) is 0.805. The summed E-state index contributed by atoms with van der Waals surface area (Å²) in [6, 6.07) is 0.703. The Morgan fingerprint density at radius 3 is 2.96 bits per heavy atom. The van der Waals surface area contributed by atoms with Gasteiger partial charge in [0.05, 0.1) is 12.7 Å². The molecule has 2 aliphatic rings. The summed E-state index contributed by atoms with van der Waals surface area (Å²) in [5.74, 6) is 1.02. The zero-order valence-electron chi connectivity index (χ0n) is 14.4. The van der Waals surface area contributed by atoms with Gasteiger partial charge in [0.15, 0.2) is 0 Å². The van der Waals surface area contributed by atoms with E-state index in [1.807, 2.05) is 0 Å². The van der Waals surface area contributed by atoms with Crippen molar-refractivity contribution in [3.8, 4) is 0 Å². The van der Waals surface area contributed by atoms with Crippen LogP contribution in [0, 0.1) is 0 Å². The zero-order valence-corrected chi connectivity index (χ0v) is 14.4. The maximum absolute atomic E-state index is 12.4. The first-order chi connectivity index (χ1) is 11.7. The van der Waals surface area contributed by atoms with Gasteiger partial charge in [-0.25, -0.2) is 4.98 Å². The predicted octanol–water partition coefficient (Wildman–Crippen LogP) is 0.245. The van der Waals surface area contributed by atoms with Crippen molar-refractivity contribution in [2.75, 3.05) is 44.7 Å². The molecule has 24 heavy (non-hydrogen) atoms. The molecule has 1 aromatic heterocycles. The van der Waals surface area contributed by atoms with E-state index in [9.17, 15) is 4.79 Å². The van der Waals surface area contributed by atoms with Gasteiger partial charge in [0.2, 0.25) is 5.91 Å². The fraction of sp³-hybridized carbons (Fsp3) is 0.706. The van der Waals surface area contributed by atoms with Crippen LogP contribution in [0.3, 0.4) is 0 Å². The molecule has 1 unspecified atom stereocenters. The van der Waals surface area contributed by atoms with Gasteiger partial charge in [0.1, 0.15) is 5.82 Å². The van der Waals surface area contributed by atoms with Crippen molar-refractivity contribution in [2.24, 2.45) is 0 Å². The number of nitrogens with zero attached hydrogens (tertiary/aromatic N) is 4. The van der Waals surface area contributed by atoms with E-state index in [0.717, 1.165) is 57.7 Å². The molecular formula is C17H28N6O. The third kappa shape index (κ3) is 4.64. The van der Waals surface area contributed by atoms with Crippen LogP contribution in [0.5, 0.6) is 0 Å². The van der Waals surface area contributed by atoms with Gasteiger partial charge in [-0.1, -0.05) is 0 Å². The van der Waals surface area contributed by atoms with Gasteiger partial charge in [-0.3, -0.25) is 14.7 Å². The second-order valence-electron chi connectivity index (χ2n) is 6.81. The first-order valence-corrected chi connectivity index (χ1v) is 8.93. The molecule has 7 nitrogen and oxygen atoms in total. The van der Waals surface area contributed by atoms with E-state index in [4.69, 9.17) is 0 Å². The molecule has 1 aromatic rings. The van der Waals surface area contributed by atoms with Crippen LogP contribution >= 0.6 is 0 Å². The molecule has 3 heterocycles. The minimum Gasteiger partial charge on any atom is -0.353 e. The molecule has 2 aliphatic heterocycles. The van der Waals surface area contributed by atoms with Crippen LogP contribution in [0.1, 0.15) is 25.7 Å². The predicted molar refractivity (Wildman–Crippen MR) is 93.9 cm³/mol. The minimum atomic E-state index is 0.127. The highest BCUT2D eigenvalue weighted by Crippen LogP contribution is 2.16. The van der Waals surface area contributed by atoms with Gasteiger partial charge in [-0.2, -0.15) is 0 Å². The van der Waals surface area contributed by atoms with Gasteiger partial charge in [0.25, 0.3) is 0 Å². The highest BCUT2D eigenvalue weighted by Gasteiger charge is 2.24. The fourth-order valence-electron chi connectivity index (χ4n) is 3.63. The lowest BCUT2D eigenvalue weighted by molar-refractivity contribution is -0.123. The largest absolute Gasteiger partial charge is 0.353 e. The molecular weight excluding hydrogens is 304 g/mol. The number of rotatable bonds is 5. The first-order valence-electron chi connectivity index (χ1n) is 8.93. The summed E-state index contributed by atoms with van der Waals surface area (Å²) in [6.07, 6.45) is 9.51. The van der Waals surface area contributed by atoms with E-state index in [2.05, 4.69) is 37.4 Å². The molecule has 7 heteroatoms. The number of nitrogens with one attached hydrogen (secondary N) is 2. The third-order valence-electron chi connectivity index (χ3n) is 4.99. The lowest BCUT2D eigenvalue weighted by Gasteiger charge is -2.35. The Bertz CT molecular complexity index is 519. The number of anilines is 1. The molecule has 0 aliphatic carbocycles. The summed E-state index contributed by atoms with van der Waals surface area (Å²) in [4.78, 5) is 25.3. The van der Waals surface area contributed by atoms with Crippen LogP contribution in [-0.2, 0) is 4.79 Å². The summed E-state index contributed by atoms with van der Waals surface area (Å²) in [5, 5.41) is 6.57. The second-order valence-corrected chi connectivity index (χ2v) is 6.81. The van der Waals surface area contributed by atoms with Crippen molar-refractivity contribution >= 4 is 11.7 Å². The highest BCUT2D eigenvalue weighted by molar-refractivity contribution is 5.78. The van der Waals surface area contributed by atoms with Crippen molar-refractivity contribution in [1.29, 1.82) is 0 Å². The Morgan fingerprint density at radius 2 is 2.21 bits per heavy atom. The normalized spacial score (nSPS) is 22.6. The molecule has 2 N–H and O–H groups in total. The third-order valence-corrected chi connectivity index (χ3v) is 4.99. The topological polar surface area (TPSA) is 73.4 Å². The first kappa shape index (κ1) is 17.1. The van der Waals surface area contributed by atoms with Crippen molar-refractivity contribution in [3.63, 3.8) is 0 Å². The molecule has 2 fully saturated rings. The number of carbonyl (C=O) groups excluding carboxylic acids is 1.